The smallest absolute Gasteiger partial charge is 0.341 e. The highest BCUT2D eigenvalue weighted by atomic mass is 32.1. The molecule has 132 valence electrons. The molecule has 0 aliphatic rings. The molecule has 1 N–H and O–H groups in total. The maximum atomic E-state index is 12.0. The number of nitrogens with zero attached hydrogens (tertiary/aromatic N) is 1. The number of thiophene rings is 1. The van der Waals surface area contributed by atoms with Gasteiger partial charge in [0.15, 0.2) is 6.61 Å². The van der Waals surface area contributed by atoms with Crippen LogP contribution in [0.5, 0.6) is 0 Å². The highest BCUT2D eigenvalue weighted by Crippen LogP contribution is 2.29. The number of amides is 1. The maximum absolute atomic E-state index is 12.0. The fourth-order valence-electron chi connectivity index (χ4n) is 1.97. The second-order valence-corrected chi connectivity index (χ2v) is 6.13. The third kappa shape index (κ3) is 5.72. The molecule has 1 heterocycles. The van der Waals surface area contributed by atoms with Crippen LogP contribution in [0.2, 0.25) is 0 Å². The van der Waals surface area contributed by atoms with Gasteiger partial charge in [-0.25, -0.2) is 4.79 Å². The summed E-state index contributed by atoms with van der Waals surface area (Å²) in [5.41, 5.74) is 1.24. The van der Waals surface area contributed by atoms with Gasteiger partial charge in [-0.1, -0.05) is 42.4 Å². The molecule has 7 heteroatoms. The molecule has 0 radical (unpaired) electrons. The molecule has 1 aromatic heterocycles. The number of aryl methyl sites for hydroxylation is 1. The molecule has 0 saturated heterocycles. The van der Waals surface area contributed by atoms with Crippen LogP contribution in [0.15, 0.2) is 41.6 Å². The Hall–Kier alpha value is -2.67. The SMILES string of the molecule is CCOC(=O)c1cc(CC)sc1NC(=O)CO/N=C\c1ccccc1. The maximum Gasteiger partial charge on any atom is 0.341 e. The summed E-state index contributed by atoms with van der Waals surface area (Å²) < 4.78 is 5.02. The fraction of sp³-hybridized carbons (Fsp3) is 0.278. The number of esters is 1. The summed E-state index contributed by atoms with van der Waals surface area (Å²) in [5, 5.41) is 6.91. The molecule has 0 spiro atoms. The lowest BCUT2D eigenvalue weighted by Crippen LogP contribution is -2.18. The third-order valence-corrected chi connectivity index (χ3v) is 4.35. The monoisotopic (exact) mass is 360 g/mol. The van der Waals surface area contributed by atoms with Crippen LogP contribution in [0.4, 0.5) is 5.00 Å². The van der Waals surface area contributed by atoms with Gasteiger partial charge in [0.05, 0.1) is 18.4 Å². The number of carbonyl (C=O) groups is 2. The molecule has 0 aliphatic carbocycles. The molecule has 0 unspecified atom stereocenters. The molecule has 0 saturated carbocycles. The Morgan fingerprint density at radius 1 is 1.24 bits per heavy atom. The number of hydrogen-bond donors (Lipinski definition) is 1. The van der Waals surface area contributed by atoms with Crippen LogP contribution in [0, 0.1) is 0 Å². The minimum Gasteiger partial charge on any atom is -0.462 e. The van der Waals surface area contributed by atoms with Gasteiger partial charge in [-0.05, 0) is 25.0 Å². The highest BCUT2D eigenvalue weighted by molar-refractivity contribution is 7.16. The van der Waals surface area contributed by atoms with E-state index in [1.807, 2.05) is 37.3 Å². The van der Waals surface area contributed by atoms with Crippen molar-refractivity contribution in [1.29, 1.82) is 0 Å². The first-order chi connectivity index (χ1) is 12.1. The van der Waals surface area contributed by atoms with E-state index in [1.54, 1.807) is 13.0 Å². The van der Waals surface area contributed by atoms with Crippen molar-refractivity contribution < 1.29 is 19.2 Å². The Morgan fingerprint density at radius 3 is 2.68 bits per heavy atom. The number of hydrogen-bond acceptors (Lipinski definition) is 6. The van der Waals surface area contributed by atoms with Crippen LogP contribution >= 0.6 is 11.3 Å². The Morgan fingerprint density at radius 2 is 2.00 bits per heavy atom. The molecule has 25 heavy (non-hydrogen) atoms. The van der Waals surface area contributed by atoms with E-state index in [4.69, 9.17) is 9.57 Å². The van der Waals surface area contributed by atoms with Gasteiger partial charge in [-0.15, -0.1) is 11.3 Å². The zero-order valence-electron chi connectivity index (χ0n) is 14.2. The zero-order valence-corrected chi connectivity index (χ0v) is 15.0. The van der Waals surface area contributed by atoms with Gasteiger partial charge in [0.2, 0.25) is 0 Å². The van der Waals surface area contributed by atoms with Crippen LogP contribution in [-0.2, 0) is 20.8 Å². The predicted octanol–water partition coefficient (Wildman–Crippen LogP) is 3.48. The van der Waals surface area contributed by atoms with E-state index < -0.39 is 5.97 Å². The number of ether oxygens (including phenoxy) is 1. The van der Waals surface area contributed by atoms with Gasteiger partial charge >= 0.3 is 5.97 Å². The standard InChI is InChI=1S/C18H20N2O4S/c1-3-14-10-15(18(22)23-4-2)17(25-14)20-16(21)12-24-19-11-13-8-6-5-7-9-13/h5-11H,3-4,12H2,1-2H3,(H,20,21)/b19-11-. The summed E-state index contributed by atoms with van der Waals surface area (Å²) >= 11 is 1.35. The molecule has 0 bridgehead atoms. The lowest BCUT2D eigenvalue weighted by Gasteiger charge is -2.05. The molecule has 0 atom stereocenters. The van der Waals surface area contributed by atoms with Crippen LogP contribution in [0.3, 0.4) is 0 Å². The van der Waals surface area contributed by atoms with Crippen LogP contribution in [-0.4, -0.2) is 31.3 Å². The number of oxime groups is 1. The molecule has 1 aromatic carbocycles. The number of benzene rings is 1. The summed E-state index contributed by atoms with van der Waals surface area (Å²) in [5.74, 6) is -0.836. The van der Waals surface area contributed by atoms with Crippen LogP contribution < -0.4 is 5.32 Å². The molecule has 0 aliphatic heterocycles. The van der Waals surface area contributed by atoms with Crippen LogP contribution in [0.25, 0.3) is 0 Å². The van der Waals surface area contributed by atoms with Crippen molar-refractivity contribution in [2.24, 2.45) is 5.16 Å². The lowest BCUT2D eigenvalue weighted by atomic mass is 10.2. The molecule has 2 aromatic rings. The molecular weight excluding hydrogens is 340 g/mol. The second kappa shape index (κ2) is 9.58. The van der Waals surface area contributed by atoms with Crippen molar-refractivity contribution in [2.45, 2.75) is 20.3 Å². The quantitative estimate of drug-likeness (QED) is 0.444. The second-order valence-electron chi connectivity index (χ2n) is 5.00. The Labute approximate surface area is 150 Å². The first kappa shape index (κ1) is 18.7. The van der Waals surface area contributed by atoms with E-state index in [-0.39, 0.29) is 19.1 Å². The van der Waals surface area contributed by atoms with E-state index in [2.05, 4.69) is 10.5 Å². The van der Waals surface area contributed by atoms with Crippen molar-refractivity contribution in [1.82, 2.24) is 0 Å². The summed E-state index contributed by atoms with van der Waals surface area (Å²) in [6, 6.07) is 11.2. The average Bonchev–Trinajstić information content (AvgIpc) is 3.03. The van der Waals surface area contributed by atoms with Crippen molar-refractivity contribution in [3.05, 3.63) is 52.4 Å². The van der Waals surface area contributed by atoms with E-state index >= 15 is 0 Å². The summed E-state index contributed by atoms with van der Waals surface area (Å²) in [4.78, 5) is 30.0. The summed E-state index contributed by atoms with van der Waals surface area (Å²) in [6.07, 6.45) is 2.29. The molecule has 0 fully saturated rings. The lowest BCUT2D eigenvalue weighted by molar-refractivity contribution is -0.120. The van der Waals surface area contributed by atoms with E-state index in [0.717, 1.165) is 16.9 Å². The Bertz CT molecular complexity index is 741. The average molecular weight is 360 g/mol. The minimum absolute atomic E-state index is 0.245. The first-order valence-electron chi connectivity index (χ1n) is 7.94. The Kier molecular flexibility index (Phi) is 7.16. The topological polar surface area (TPSA) is 77.0 Å². The molecule has 2 rings (SSSR count). The van der Waals surface area contributed by atoms with E-state index in [0.29, 0.717) is 10.6 Å². The van der Waals surface area contributed by atoms with E-state index in [9.17, 15) is 9.59 Å². The largest absolute Gasteiger partial charge is 0.462 e. The van der Waals surface area contributed by atoms with Crippen molar-refractivity contribution in [2.75, 3.05) is 18.5 Å². The normalized spacial score (nSPS) is 10.6. The zero-order chi connectivity index (χ0) is 18.1. The van der Waals surface area contributed by atoms with Crippen LogP contribution in [0.1, 0.15) is 34.6 Å². The molecule has 6 nitrogen and oxygen atoms in total. The third-order valence-electron chi connectivity index (χ3n) is 3.15. The molecular formula is C18H20N2O4S. The Balaban J connectivity index is 1.92. The van der Waals surface area contributed by atoms with Crippen molar-refractivity contribution in [3.8, 4) is 0 Å². The van der Waals surface area contributed by atoms with Gasteiger partial charge in [0, 0.05) is 4.88 Å². The predicted molar refractivity (Wildman–Crippen MR) is 98.3 cm³/mol. The van der Waals surface area contributed by atoms with Gasteiger partial charge in [-0.3, -0.25) is 4.79 Å². The minimum atomic E-state index is -0.447. The van der Waals surface area contributed by atoms with Crippen molar-refractivity contribution in [3.63, 3.8) is 0 Å². The van der Waals surface area contributed by atoms with Gasteiger partial charge in [0.25, 0.3) is 5.91 Å². The molecule has 1 amide bonds. The van der Waals surface area contributed by atoms with Gasteiger partial charge in [0.1, 0.15) is 5.00 Å². The number of anilines is 1. The number of rotatable bonds is 8. The number of carbonyl (C=O) groups excluding carboxylic acids is 2. The fourth-order valence-corrected chi connectivity index (χ4v) is 2.97. The van der Waals surface area contributed by atoms with Gasteiger partial charge in [-0.2, -0.15) is 0 Å². The summed E-state index contributed by atoms with van der Waals surface area (Å²) in [6.45, 7) is 3.75. The van der Waals surface area contributed by atoms with Crippen molar-refractivity contribution >= 4 is 34.4 Å². The van der Waals surface area contributed by atoms with E-state index in [1.165, 1.54) is 17.6 Å². The van der Waals surface area contributed by atoms with Gasteiger partial charge < -0.3 is 14.9 Å². The highest BCUT2D eigenvalue weighted by Gasteiger charge is 2.18. The first-order valence-corrected chi connectivity index (χ1v) is 8.75. The number of nitrogens with one attached hydrogen (secondary N) is 1. The summed E-state index contributed by atoms with van der Waals surface area (Å²) in [7, 11) is 0.